The second-order valence-electron chi connectivity index (χ2n) is 5.08. The molecule has 2 saturated carbocycles. The largest absolute Gasteiger partial charge is 0.319 e. The van der Waals surface area contributed by atoms with Crippen LogP contribution in [-0.4, -0.2) is 13.6 Å². The maximum Gasteiger partial charge on any atom is 0.000746 e. The molecule has 2 fully saturated rings. The van der Waals surface area contributed by atoms with Gasteiger partial charge in [-0.25, -0.2) is 0 Å². The highest BCUT2D eigenvalue weighted by atomic mass is 14.8. The Morgan fingerprint density at radius 2 is 1.77 bits per heavy atom. The Labute approximate surface area is 82.3 Å². The lowest BCUT2D eigenvalue weighted by Crippen LogP contribution is -2.43. The fourth-order valence-corrected chi connectivity index (χ4v) is 3.36. The molecule has 0 unspecified atom stereocenters. The fourth-order valence-electron chi connectivity index (χ4n) is 3.36. The Hall–Kier alpha value is -0.0400. The van der Waals surface area contributed by atoms with Crippen molar-refractivity contribution in [3.63, 3.8) is 0 Å². The summed E-state index contributed by atoms with van der Waals surface area (Å²) in [7, 11) is 2.12. The van der Waals surface area contributed by atoms with E-state index in [9.17, 15) is 0 Å². The summed E-state index contributed by atoms with van der Waals surface area (Å²) < 4.78 is 0. The topological polar surface area (TPSA) is 12.0 Å². The van der Waals surface area contributed by atoms with Crippen molar-refractivity contribution in [2.24, 2.45) is 11.3 Å². The first kappa shape index (κ1) is 9.51. The molecule has 0 saturated heterocycles. The molecule has 0 spiro atoms. The average Bonchev–Trinajstić information content (AvgIpc) is 2.02. The summed E-state index contributed by atoms with van der Waals surface area (Å²) in [6.07, 6.45) is 12.0. The van der Waals surface area contributed by atoms with E-state index in [-0.39, 0.29) is 0 Å². The molecule has 1 heteroatoms. The van der Waals surface area contributed by atoms with Crippen LogP contribution >= 0.6 is 0 Å². The van der Waals surface area contributed by atoms with Gasteiger partial charge in [0.2, 0.25) is 0 Å². The van der Waals surface area contributed by atoms with Crippen LogP contribution in [0.2, 0.25) is 0 Å². The predicted molar refractivity (Wildman–Crippen MR) is 56.8 cm³/mol. The van der Waals surface area contributed by atoms with Crippen molar-refractivity contribution in [2.45, 2.75) is 51.4 Å². The van der Waals surface area contributed by atoms with E-state index in [0.717, 1.165) is 5.92 Å². The van der Waals surface area contributed by atoms with Gasteiger partial charge in [-0.1, -0.05) is 25.7 Å². The standard InChI is InChI=1S/C12H23N/c1-13-10-12(11-6-5-7-11)8-3-2-4-9-12/h11,13H,2-10H2,1H3. The highest BCUT2D eigenvalue weighted by Crippen LogP contribution is 2.50. The molecule has 2 aliphatic carbocycles. The van der Waals surface area contributed by atoms with Crippen LogP contribution < -0.4 is 5.32 Å². The molecular formula is C12H23N. The zero-order valence-electron chi connectivity index (χ0n) is 8.94. The molecule has 0 aromatic rings. The van der Waals surface area contributed by atoms with E-state index in [4.69, 9.17) is 0 Å². The van der Waals surface area contributed by atoms with Gasteiger partial charge in [-0.05, 0) is 44.1 Å². The predicted octanol–water partition coefficient (Wildman–Crippen LogP) is 2.96. The summed E-state index contributed by atoms with van der Waals surface area (Å²) in [5.74, 6) is 1.07. The van der Waals surface area contributed by atoms with Gasteiger partial charge in [0, 0.05) is 6.54 Å². The lowest BCUT2D eigenvalue weighted by molar-refractivity contribution is 0.0425. The van der Waals surface area contributed by atoms with Crippen LogP contribution in [0.25, 0.3) is 0 Å². The molecule has 0 aliphatic heterocycles. The lowest BCUT2D eigenvalue weighted by Gasteiger charge is -2.48. The van der Waals surface area contributed by atoms with Crippen molar-refractivity contribution in [3.05, 3.63) is 0 Å². The number of nitrogens with one attached hydrogen (secondary N) is 1. The van der Waals surface area contributed by atoms with E-state index in [1.54, 1.807) is 0 Å². The van der Waals surface area contributed by atoms with Gasteiger partial charge >= 0.3 is 0 Å². The highest BCUT2D eigenvalue weighted by Gasteiger charge is 2.41. The zero-order valence-corrected chi connectivity index (χ0v) is 8.94. The Morgan fingerprint density at radius 3 is 2.23 bits per heavy atom. The van der Waals surface area contributed by atoms with Crippen LogP contribution in [0, 0.1) is 11.3 Å². The van der Waals surface area contributed by atoms with Crippen LogP contribution in [0.15, 0.2) is 0 Å². The number of hydrogen-bond donors (Lipinski definition) is 1. The third-order valence-corrected chi connectivity index (χ3v) is 4.35. The number of hydrogen-bond acceptors (Lipinski definition) is 1. The van der Waals surface area contributed by atoms with Crippen molar-refractivity contribution >= 4 is 0 Å². The molecule has 1 N–H and O–H groups in total. The van der Waals surface area contributed by atoms with Gasteiger partial charge in [0.05, 0.1) is 0 Å². The first-order chi connectivity index (χ1) is 6.37. The van der Waals surface area contributed by atoms with E-state index in [0.29, 0.717) is 5.41 Å². The Morgan fingerprint density at radius 1 is 1.08 bits per heavy atom. The molecule has 13 heavy (non-hydrogen) atoms. The van der Waals surface area contributed by atoms with Gasteiger partial charge in [0.1, 0.15) is 0 Å². The molecule has 0 atom stereocenters. The Balaban J connectivity index is 1.99. The number of rotatable bonds is 3. The first-order valence-electron chi connectivity index (χ1n) is 6.02. The van der Waals surface area contributed by atoms with Crippen LogP contribution in [-0.2, 0) is 0 Å². The van der Waals surface area contributed by atoms with Crippen molar-refractivity contribution < 1.29 is 0 Å². The molecule has 0 heterocycles. The lowest BCUT2D eigenvalue weighted by atomic mass is 9.59. The van der Waals surface area contributed by atoms with Gasteiger partial charge in [0.15, 0.2) is 0 Å². The summed E-state index contributed by atoms with van der Waals surface area (Å²) in [6, 6.07) is 0. The smallest absolute Gasteiger partial charge is 0.000746 e. The van der Waals surface area contributed by atoms with Crippen LogP contribution in [0.1, 0.15) is 51.4 Å². The molecule has 0 aromatic heterocycles. The minimum Gasteiger partial charge on any atom is -0.319 e. The average molecular weight is 181 g/mol. The first-order valence-corrected chi connectivity index (χ1v) is 6.02. The van der Waals surface area contributed by atoms with Crippen molar-refractivity contribution in [1.82, 2.24) is 5.32 Å². The van der Waals surface area contributed by atoms with Gasteiger partial charge in [-0.2, -0.15) is 0 Å². The molecule has 0 amide bonds. The third-order valence-electron chi connectivity index (χ3n) is 4.35. The van der Waals surface area contributed by atoms with Crippen molar-refractivity contribution in [1.29, 1.82) is 0 Å². The summed E-state index contributed by atoms with van der Waals surface area (Å²) in [4.78, 5) is 0. The highest BCUT2D eigenvalue weighted by molar-refractivity contribution is 4.93. The quantitative estimate of drug-likeness (QED) is 0.706. The summed E-state index contributed by atoms with van der Waals surface area (Å²) in [5, 5.41) is 3.43. The van der Waals surface area contributed by atoms with Gasteiger partial charge < -0.3 is 5.32 Å². The Kier molecular flexibility index (Phi) is 2.92. The summed E-state index contributed by atoms with van der Waals surface area (Å²) in [5.41, 5.74) is 0.714. The van der Waals surface area contributed by atoms with Crippen LogP contribution in [0.4, 0.5) is 0 Å². The molecule has 1 nitrogen and oxygen atoms in total. The zero-order chi connectivity index (χ0) is 9.15. The van der Waals surface area contributed by atoms with Crippen LogP contribution in [0.3, 0.4) is 0 Å². The molecule has 2 aliphatic rings. The molecule has 2 rings (SSSR count). The minimum atomic E-state index is 0.714. The summed E-state index contributed by atoms with van der Waals surface area (Å²) in [6.45, 7) is 1.28. The van der Waals surface area contributed by atoms with E-state index in [1.165, 1.54) is 57.9 Å². The van der Waals surface area contributed by atoms with Gasteiger partial charge in [-0.3, -0.25) is 0 Å². The van der Waals surface area contributed by atoms with Crippen molar-refractivity contribution in [2.75, 3.05) is 13.6 Å². The molecule has 0 aromatic carbocycles. The van der Waals surface area contributed by atoms with E-state index in [2.05, 4.69) is 12.4 Å². The maximum absolute atomic E-state index is 3.43. The van der Waals surface area contributed by atoms with Gasteiger partial charge in [0.25, 0.3) is 0 Å². The molecule has 76 valence electrons. The Bertz CT molecular complexity index is 149. The fraction of sp³-hybridized carbons (Fsp3) is 1.00. The minimum absolute atomic E-state index is 0.714. The molecule has 0 radical (unpaired) electrons. The monoisotopic (exact) mass is 181 g/mol. The van der Waals surface area contributed by atoms with E-state index in [1.807, 2.05) is 0 Å². The third kappa shape index (κ3) is 1.76. The molecular weight excluding hydrogens is 158 g/mol. The van der Waals surface area contributed by atoms with E-state index >= 15 is 0 Å². The van der Waals surface area contributed by atoms with Crippen LogP contribution in [0.5, 0.6) is 0 Å². The normalized spacial score (nSPS) is 28.4. The van der Waals surface area contributed by atoms with E-state index < -0.39 is 0 Å². The summed E-state index contributed by atoms with van der Waals surface area (Å²) >= 11 is 0. The van der Waals surface area contributed by atoms with Crippen molar-refractivity contribution in [3.8, 4) is 0 Å². The van der Waals surface area contributed by atoms with Gasteiger partial charge in [-0.15, -0.1) is 0 Å². The second-order valence-corrected chi connectivity index (χ2v) is 5.08. The second kappa shape index (κ2) is 4.00. The SMILES string of the molecule is CNCC1(C2CCC2)CCCCC1. The molecule has 0 bridgehead atoms. The maximum atomic E-state index is 3.43.